The van der Waals surface area contributed by atoms with Crippen LogP contribution in [0.4, 0.5) is 5.69 Å². The molecule has 0 bridgehead atoms. The van der Waals surface area contributed by atoms with Crippen molar-refractivity contribution in [3.8, 4) is 0 Å². The molecule has 0 unspecified atom stereocenters. The fourth-order valence-electron chi connectivity index (χ4n) is 1.64. The van der Waals surface area contributed by atoms with Crippen molar-refractivity contribution in [1.82, 2.24) is 10.2 Å². The molecule has 19 heavy (non-hydrogen) atoms. The molecule has 5 nitrogen and oxygen atoms in total. The number of amides is 1. The molecule has 2 aromatic rings. The maximum Gasteiger partial charge on any atom is 0.224 e. The Morgan fingerprint density at radius 2 is 2.16 bits per heavy atom. The predicted octanol–water partition coefficient (Wildman–Crippen LogP) is 2.91. The Bertz CT molecular complexity index is 595. The summed E-state index contributed by atoms with van der Waals surface area (Å²) in [4.78, 5) is 11.8. The second-order valence-corrected chi connectivity index (χ2v) is 4.66. The van der Waals surface area contributed by atoms with Crippen LogP contribution in [0.5, 0.6) is 0 Å². The molecule has 6 heteroatoms. The Hall–Kier alpha value is -1.88. The number of hydrogen-bond donors (Lipinski definition) is 1. The number of halogens is 1. The summed E-state index contributed by atoms with van der Waals surface area (Å²) in [5.41, 5.74) is 1.69. The van der Waals surface area contributed by atoms with Crippen LogP contribution >= 0.6 is 11.6 Å². The van der Waals surface area contributed by atoms with Gasteiger partial charge in [0, 0.05) is 30.5 Å². The maximum atomic E-state index is 11.8. The third-order valence-corrected chi connectivity index (χ3v) is 2.83. The quantitative estimate of drug-likeness (QED) is 0.934. The summed E-state index contributed by atoms with van der Waals surface area (Å²) in [5.74, 6) is 0.880. The standard InChI is InChI=1S/C13H14ClN3O2/c1-8-7-10(14)3-4-11(8)15-12(18)5-6-13-17-16-9(2)19-13/h3-4,7H,5-6H2,1-2H3,(H,15,18). The van der Waals surface area contributed by atoms with E-state index in [-0.39, 0.29) is 5.91 Å². The van der Waals surface area contributed by atoms with E-state index in [1.165, 1.54) is 0 Å². The molecule has 1 aromatic heterocycles. The Kier molecular flexibility index (Phi) is 4.16. The average Bonchev–Trinajstić information content (AvgIpc) is 2.76. The topological polar surface area (TPSA) is 68.0 Å². The lowest BCUT2D eigenvalue weighted by Crippen LogP contribution is -2.13. The molecule has 2 rings (SSSR count). The van der Waals surface area contributed by atoms with Crippen molar-refractivity contribution in [2.75, 3.05) is 5.32 Å². The van der Waals surface area contributed by atoms with Crippen molar-refractivity contribution in [2.24, 2.45) is 0 Å². The number of hydrogen-bond acceptors (Lipinski definition) is 4. The van der Waals surface area contributed by atoms with Gasteiger partial charge in [-0.3, -0.25) is 4.79 Å². The minimum Gasteiger partial charge on any atom is -0.426 e. The van der Waals surface area contributed by atoms with E-state index >= 15 is 0 Å². The van der Waals surface area contributed by atoms with E-state index in [0.29, 0.717) is 29.6 Å². The molecule has 0 saturated heterocycles. The molecule has 0 aliphatic carbocycles. The van der Waals surface area contributed by atoms with Crippen molar-refractivity contribution >= 4 is 23.2 Å². The molecule has 0 spiro atoms. The molecular formula is C13H14ClN3O2. The minimum absolute atomic E-state index is 0.0960. The van der Waals surface area contributed by atoms with Crippen LogP contribution in [0.2, 0.25) is 5.02 Å². The van der Waals surface area contributed by atoms with Gasteiger partial charge in [0.15, 0.2) is 0 Å². The predicted molar refractivity (Wildman–Crippen MR) is 72.2 cm³/mol. The highest BCUT2D eigenvalue weighted by molar-refractivity contribution is 6.30. The first-order valence-corrected chi connectivity index (χ1v) is 6.27. The molecule has 1 amide bonds. The van der Waals surface area contributed by atoms with Crippen LogP contribution in [0.1, 0.15) is 23.8 Å². The number of nitrogens with zero attached hydrogens (tertiary/aromatic N) is 2. The number of carbonyl (C=O) groups excluding carboxylic acids is 1. The Balaban J connectivity index is 1.90. The van der Waals surface area contributed by atoms with E-state index in [1.54, 1.807) is 25.1 Å². The average molecular weight is 280 g/mol. The zero-order valence-corrected chi connectivity index (χ0v) is 11.5. The van der Waals surface area contributed by atoms with Crippen LogP contribution in [0.15, 0.2) is 22.6 Å². The van der Waals surface area contributed by atoms with Gasteiger partial charge in [0.1, 0.15) is 0 Å². The SMILES string of the molecule is Cc1nnc(CCC(=O)Nc2ccc(Cl)cc2C)o1. The van der Waals surface area contributed by atoms with Crippen molar-refractivity contribution in [3.05, 3.63) is 40.6 Å². The summed E-state index contributed by atoms with van der Waals surface area (Å²) in [6, 6.07) is 5.33. The van der Waals surface area contributed by atoms with Crippen LogP contribution in [0.3, 0.4) is 0 Å². The van der Waals surface area contributed by atoms with E-state index < -0.39 is 0 Å². The first-order valence-electron chi connectivity index (χ1n) is 5.89. The molecule has 0 fully saturated rings. The van der Waals surface area contributed by atoms with E-state index in [2.05, 4.69) is 15.5 Å². The Morgan fingerprint density at radius 1 is 1.37 bits per heavy atom. The summed E-state index contributed by atoms with van der Waals surface area (Å²) < 4.78 is 5.20. The van der Waals surface area contributed by atoms with Crippen LogP contribution in [0.25, 0.3) is 0 Å². The van der Waals surface area contributed by atoms with Gasteiger partial charge in [-0.1, -0.05) is 11.6 Å². The molecule has 0 radical (unpaired) electrons. The van der Waals surface area contributed by atoms with Crippen LogP contribution in [-0.4, -0.2) is 16.1 Å². The third kappa shape index (κ3) is 3.79. The molecule has 1 N–H and O–H groups in total. The molecule has 100 valence electrons. The molecular weight excluding hydrogens is 266 g/mol. The zero-order chi connectivity index (χ0) is 13.8. The second kappa shape index (κ2) is 5.84. The van der Waals surface area contributed by atoms with Crippen molar-refractivity contribution in [1.29, 1.82) is 0 Å². The maximum absolute atomic E-state index is 11.8. The van der Waals surface area contributed by atoms with Crippen LogP contribution < -0.4 is 5.32 Å². The molecule has 0 saturated carbocycles. The highest BCUT2D eigenvalue weighted by atomic mass is 35.5. The largest absolute Gasteiger partial charge is 0.426 e. The monoisotopic (exact) mass is 279 g/mol. The normalized spacial score (nSPS) is 10.5. The lowest BCUT2D eigenvalue weighted by Gasteiger charge is -2.07. The fraction of sp³-hybridized carbons (Fsp3) is 0.308. The number of aromatic nitrogens is 2. The van der Waals surface area contributed by atoms with Crippen molar-refractivity contribution in [2.45, 2.75) is 26.7 Å². The summed E-state index contributed by atoms with van der Waals surface area (Å²) >= 11 is 5.86. The van der Waals surface area contributed by atoms with Gasteiger partial charge < -0.3 is 9.73 Å². The van der Waals surface area contributed by atoms with E-state index in [1.807, 2.05) is 6.92 Å². The highest BCUT2D eigenvalue weighted by Gasteiger charge is 2.08. The molecule has 0 atom stereocenters. The first kappa shape index (κ1) is 13.5. The highest BCUT2D eigenvalue weighted by Crippen LogP contribution is 2.19. The van der Waals surface area contributed by atoms with Crippen molar-refractivity contribution in [3.63, 3.8) is 0 Å². The van der Waals surface area contributed by atoms with Gasteiger partial charge >= 0.3 is 0 Å². The number of benzene rings is 1. The minimum atomic E-state index is -0.0960. The Morgan fingerprint density at radius 3 is 2.79 bits per heavy atom. The van der Waals surface area contributed by atoms with E-state index in [9.17, 15) is 4.79 Å². The number of nitrogens with one attached hydrogen (secondary N) is 1. The van der Waals surface area contributed by atoms with Gasteiger partial charge in [0.2, 0.25) is 17.7 Å². The lowest BCUT2D eigenvalue weighted by atomic mass is 10.2. The zero-order valence-electron chi connectivity index (χ0n) is 10.7. The van der Waals surface area contributed by atoms with Gasteiger partial charge in [-0.2, -0.15) is 0 Å². The van der Waals surface area contributed by atoms with Gasteiger partial charge in [-0.25, -0.2) is 0 Å². The third-order valence-electron chi connectivity index (χ3n) is 2.60. The van der Waals surface area contributed by atoms with Crippen LogP contribution in [-0.2, 0) is 11.2 Å². The summed E-state index contributed by atoms with van der Waals surface area (Å²) in [6.07, 6.45) is 0.725. The first-order chi connectivity index (χ1) is 9.04. The number of anilines is 1. The van der Waals surface area contributed by atoms with Crippen molar-refractivity contribution < 1.29 is 9.21 Å². The van der Waals surface area contributed by atoms with E-state index in [0.717, 1.165) is 11.3 Å². The molecule has 0 aliphatic rings. The smallest absolute Gasteiger partial charge is 0.224 e. The number of rotatable bonds is 4. The molecule has 1 heterocycles. The van der Waals surface area contributed by atoms with Gasteiger partial charge in [0.25, 0.3) is 0 Å². The van der Waals surface area contributed by atoms with Crippen LogP contribution in [0, 0.1) is 13.8 Å². The van der Waals surface area contributed by atoms with E-state index in [4.69, 9.17) is 16.0 Å². The summed E-state index contributed by atoms with van der Waals surface area (Å²) in [5, 5.41) is 11.0. The summed E-state index contributed by atoms with van der Waals surface area (Å²) in [6.45, 7) is 3.61. The fourth-order valence-corrected chi connectivity index (χ4v) is 1.87. The summed E-state index contributed by atoms with van der Waals surface area (Å²) in [7, 11) is 0. The van der Waals surface area contributed by atoms with Gasteiger partial charge in [-0.05, 0) is 30.7 Å². The molecule has 1 aromatic carbocycles. The van der Waals surface area contributed by atoms with Gasteiger partial charge in [-0.15, -0.1) is 10.2 Å². The Labute approximate surface area is 116 Å². The second-order valence-electron chi connectivity index (χ2n) is 4.22. The lowest BCUT2D eigenvalue weighted by molar-refractivity contribution is -0.116. The number of carbonyl (C=O) groups is 1. The molecule has 0 aliphatic heterocycles. The number of aryl methyl sites for hydroxylation is 3. The van der Waals surface area contributed by atoms with Gasteiger partial charge in [0.05, 0.1) is 0 Å².